The summed E-state index contributed by atoms with van der Waals surface area (Å²) in [5.74, 6) is -3.69. The Hall–Kier alpha value is -2.47. The minimum Gasteiger partial charge on any atom is -0.451 e. The maximum atomic E-state index is 13.4. The van der Waals surface area contributed by atoms with Gasteiger partial charge in [0.15, 0.2) is 6.10 Å². The van der Waals surface area contributed by atoms with Crippen LogP contribution in [0, 0.1) is 0 Å². The first-order valence-corrected chi connectivity index (χ1v) is 13.2. The van der Waals surface area contributed by atoms with Gasteiger partial charge in [0.05, 0.1) is 19.8 Å². The van der Waals surface area contributed by atoms with Crippen molar-refractivity contribution in [3.05, 3.63) is 59.7 Å². The van der Waals surface area contributed by atoms with Gasteiger partial charge in [-0.05, 0) is 12.8 Å². The van der Waals surface area contributed by atoms with E-state index in [1.165, 1.54) is 42.5 Å². The van der Waals surface area contributed by atoms with Crippen molar-refractivity contribution in [1.29, 1.82) is 0 Å². The van der Waals surface area contributed by atoms with Crippen molar-refractivity contribution in [2.75, 3.05) is 19.8 Å². The van der Waals surface area contributed by atoms with Crippen LogP contribution in [0.3, 0.4) is 0 Å². The number of halogens is 6. The number of carbonyl (C=O) groups is 1. The molecule has 1 saturated heterocycles. The smallest absolute Gasteiger partial charge is 0.451 e. The molecule has 1 aliphatic heterocycles. The Kier molecular flexibility index (Phi) is 8.14. The summed E-state index contributed by atoms with van der Waals surface area (Å²) in [5.41, 5.74) is -13.1. The van der Waals surface area contributed by atoms with Gasteiger partial charge in [-0.15, -0.1) is 0 Å². The second-order valence-electron chi connectivity index (χ2n) is 7.64. The van der Waals surface area contributed by atoms with Crippen molar-refractivity contribution in [1.82, 2.24) is 3.71 Å². The van der Waals surface area contributed by atoms with Crippen LogP contribution in [0.4, 0.5) is 26.3 Å². The Morgan fingerprint density at radius 1 is 0.973 bits per heavy atom. The Labute approximate surface area is 207 Å². The summed E-state index contributed by atoms with van der Waals surface area (Å²) < 4.78 is 143. The zero-order valence-electron chi connectivity index (χ0n) is 18.5. The maximum absolute atomic E-state index is 13.4. The summed E-state index contributed by atoms with van der Waals surface area (Å²) in [5, 5.41) is 0. The highest BCUT2D eigenvalue weighted by molar-refractivity contribution is 8.04. The quantitative estimate of drug-likeness (QED) is 0.341. The molecule has 0 aromatic heterocycles. The van der Waals surface area contributed by atoms with E-state index in [9.17, 15) is 48.0 Å². The Balaban J connectivity index is 2.19. The van der Waals surface area contributed by atoms with E-state index >= 15 is 0 Å². The average molecular weight is 579 g/mol. The van der Waals surface area contributed by atoms with Crippen molar-refractivity contribution < 1.29 is 62.2 Å². The number of rotatable bonds is 8. The fourth-order valence-corrected chi connectivity index (χ4v) is 6.21. The summed E-state index contributed by atoms with van der Waals surface area (Å²) in [7, 11) is -14.4. The van der Waals surface area contributed by atoms with Gasteiger partial charge in [0.1, 0.15) is 0 Å². The zero-order valence-corrected chi connectivity index (χ0v) is 20.2. The van der Waals surface area contributed by atoms with Gasteiger partial charge in [0, 0.05) is 11.1 Å². The van der Waals surface area contributed by atoms with E-state index in [0.29, 0.717) is 6.42 Å². The Morgan fingerprint density at radius 3 is 1.97 bits per heavy atom. The molecule has 0 N–H and O–H groups in total. The van der Waals surface area contributed by atoms with Crippen LogP contribution in [0.2, 0.25) is 0 Å². The van der Waals surface area contributed by atoms with Crippen molar-refractivity contribution >= 4 is 26.0 Å². The van der Waals surface area contributed by atoms with Gasteiger partial charge in [0.25, 0.3) is 0 Å². The number of hydrogen-bond donors (Lipinski definition) is 0. The van der Waals surface area contributed by atoms with Crippen LogP contribution in [0.25, 0.3) is 0 Å². The normalized spacial score (nSPS) is 19.5. The zero-order chi connectivity index (χ0) is 27.7. The van der Waals surface area contributed by atoms with Gasteiger partial charge in [0.2, 0.25) is 5.79 Å². The van der Waals surface area contributed by atoms with E-state index in [-0.39, 0.29) is 30.8 Å². The summed E-state index contributed by atoms with van der Waals surface area (Å²) in [4.78, 5) is 12.8. The number of carbonyl (C=O) groups excluding carboxylic acids is 1. The second kappa shape index (κ2) is 10.4. The fourth-order valence-electron chi connectivity index (χ4n) is 3.54. The molecule has 0 saturated carbocycles. The lowest BCUT2D eigenvalue weighted by Crippen LogP contribution is -2.56. The van der Waals surface area contributed by atoms with Gasteiger partial charge in [-0.1, -0.05) is 52.3 Å². The molecule has 1 fully saturated rings. The number of hydrogen-bond acceptors (Lipinski definition) is 8. The number of sulfonamides is 2. The highest BCUT2D eigenvalue weighted by Gasteiger charge is 2.64. The molecule has 17 heteroatoms. The lowest BCUT2D eigenvalue weighted by Gasteiger charge is -2.37. The average Bonchev–Trinajstić information content (AvgIpc) is 3.32. The van der Waals surface area contributed by atoms with E-state index in [0.717, 1.165) is 0 Å². The predicted molar refractivity (Wildman–Crippen MR) is 113 cm³/mol. The summed E-state index contributed by atoms with van der Waals surface area (Å²) in [6, 6.07) is 6.77. The molecule has 37 heavy (non-hydrogen) atoms. The molecule has 1 unspecified atom stereocenters. The molecule has 3 rings (SSSR count). The van der Waals surface area contributed by atoms with E-state index in [1.807, 2.05) is 0 Å². The molecule has 1 heterocycles. The van der Waals surface area contributed by atoms with Crippen LogP contribution in [0.1, 0.15) is 18.4 Å². The molecule has 1 aromatic carbocycles. The minimum atomic E-state index is -7.18. The molecule has 1 atom stereocenters. The molecule has 0 amide bonds. The molecule has 206 valence electrons. The van der Waals surface area contributed by atoms with Crippen LogP contribution in [0.15, 0.2) is 54.1 Å². The van der Waals surface area contributed by atoms with Crippen molar-refractivity contribution in [2.24, 2.45) is 0 Å². The molecule has 2 aliphatic rings. The largest absolute Gasteiger partial charge is 0.512 e. The van der Waals surface area contributed by atoms with E-state index in [4.69, 9.17) is 14.2 Å². The molecular weight excluding hydrogens is 560 g/mol. The van der Waals surface area contributed by atoms with Gasteiger partial charge in [-0.25, -0.2) is 21.6 Å². The van der Waals surface area contributed by atoms with Crippen molar-refractivity contribution in [3.63, 3.8) is 0 Å². The number of ether oxygens (including phenoxy) is 3. The van der Waals surface area contributed by atoms with Crippen LogP contribution in [-0.2, 0) is 44.8 Å². The summed E-state index contributed by atoms with van der Waals surface area (Å²) in [6.45, 7) is -2.76. The molecule has 9 nitrogen and oxygen atoms in total. The SMILES string of the molecule is O=C(OC(CN(S(=O)(=O)C(F)(F)F)S(=O)(=O)C(F)(F)F)C1(c2ccccc2)OCCO1)C1=CC=CCC1. The molecular formula is C20H19F6NO8S2. The monoisotopic (exact) mass is 579 g/mol. The van der Waals surface area contributed by atoms with Gasteiger partial charge in [-0.3, -0.25) is 0 Å². The van der Waals surface area contributed by atoms with E-state index in [2.05, 4.69) is 0 Å². The highest BCUT2D eigenvalue weighted by atomic mass is 32.3. The third kappa shape index (κ3) is 5.69. The number of allylic oxidation sites excluding steroid dienone is 3. The molecule has 0 radical (unpaired) electrons. The number of esters is 1. The number of benzene rings is 1. The van der Waals surface area contributed by atoms with Gasteiger partial charge < -0.3 is 14.2 Å². The van der Waals surface area contributed by atoms with Crippen LogP contribution in [-0.4, -0.2) is 63.4 Å². The van der Waals surface area contributed by atoms with E-state index < -0.39 is 59.2 Å². The predicted octanol–water partition coefficient (Wildman–Crippen LogP) is 3.08. The fraction of sp³-hybridized carbons (Fsp3) is 0.450. The molecule has 1 aromatic rings. The van der Waals surface area contributed by atoms with Crippen LogP contribution >= 0.6 is 0 Å². The Morgan fingerprint density at radius 2 is 1.51 bits per heavy atom. The van der Waals surface area contributed by atoms with E-state index in [1.54, 1.807) is 6.08 Å². The van der Waals surface area contributed by atoms with Crippen LogP contribution in [0.5, 0.6) is 0 Å². The first kappa shape index (κ1) is 29.1. The number of alkyl halides is 6. The van der Waals surface area contributed by atoms with Gasteiger partial charge in [-0.2, -0.15) is 26.3 Å². The number of nitrogens with zero attached hydrogens (tertiary/aromatic N) is 1. The lowest BCUT2D eigenvalue weighted by atomic mass is 9.99. The minimum absolute atomic E-state index is 0.0578. The van der Waals surface area contributed by atoms with Crippen LogP contribution < -0.4 is 0 Å². The topological polar surface area (TPSA) is 116 Å². The molecule has 1 aliphatic carbocycles. The summed E-state index contributed by atoms with van der Waals surface area (Å²) >= 11 is 0. The standard InChI is InChI=1S/C20H19F6NO8S2/c21-19(22,23)36(29,30)27(37(31,32)20(24,25)26)13-16(35-17(28)14-7-3-1-4-8-14)18(33-11-12-34-18)15-9-5-2-6-10-15/h1-3,5-7,9-10,16H,4,8,11-13H2. The third-order valence-electron chi connectivity index (χ3n) is 5.28. The van der Waals surface area contributed by atoms with Crippen molar-refractivity contribution in [3.8, 4) is 0 Å². The maximum Gasteiger partial charge on any atom is 0.512 e. The lowest BCUT2D eigenvalue weighted by molar-refractivity contribution is -0.239. The molecule has 0 bridgehead atoms. The van der Waals surface area contributed by atoms with Crippen molar-refractivity contribution in [2.45, 2.75) is 35.7 Å². The first-order chi connectivity index (χ1) is 17.0. The third-order valence-corrected chi connectivity index (χ3v) is 9.00. The summed E-state index contributed by atoms with van der Waals surface area (Å²) in [6.07, 6.45) is 2.36. The second-order valence-corrected chi connectivity index (χ2v) is 11.6. The first-order valence-electron chi connectivity index (χ1n) is 10.3. The highest BCUT2D eigenvalue weighted by Crippen LogP contribution is 2.41. The molecule has 0 spiro atoms. The van der Waals surface area contributed by atoms with Gasteiger partial charge >= 0.3 is 37.0 Å². The Bertz CT molecular complexity index is 1220.